The molecule has 2 saturated carbocycles. The molecular formula is C28H32N2O5. The van der Waals surface area contributed by atoms with Crippen LogP contribution in [0.1, 0.15) is 74.8 Å². The third-order valence-electron chi connectivity index (χ3n) is 7.98. The molecular weight excluding hydrogens is 444 g/mol. The molecule has 2 fully saturated rings. The molecule has 0 spiro atoms. The number of benzene rings is 2. The standard InChI is InChI=1S/C28H32N2O5/c31-24(29-28(17-25(32)33)12-5-6-13-28)16-27(14-7-15-27)30-26(34)35-18-23-21-10-3-1-8-19(21)20-9-2-4-11-22(20)23/h1-4,8-11,23H,5-7,12-18H2,(H,29,31)(H,30,34)(H,32,33). The van der Waals surface area contributed by atoms with Crippen LogP contribution in [-0.4, -0.2) is 40.8 Å². The summed E-state index contributed by atoms with van der Waals surface area (Å²) in [5.41, 5.74) is 3.35. The number of hydrogen-bond donors (Lipinski definition) is 3. The summed E-state index contributed by atoms with van der Waals surface area (Å²) in [6.45, 7) is 0.226. The first-order valence-electron chi connectivity index (χ1n) is 12.5. The fraction of sp³-hybridized carbons (Fsp3) is 0.464. The van der Waals surface area contributed by atoms with Gasteiger partial charge in [0.2, 0.25) is 5.91 Å². The molecule has 2 aromatic carbocycles. The Labute approximate surface area is 205 Å². The van der Waals surface area contributed by atoms with Crippen molar-refractivity contribution in [1.82, 2.24) is 10.6 Å². The normalized spacial score (nSPS) is 19.2. The van der Waals surface area contributed by atoms with Crippen LogP contribution in [0.25, 0.3) is 11.1 Å². The van der Waals surface area contributed by atoms with Gasteiger partial charge in [0.1, 0.15) is 6.61 Å². The van der Waals surface area contributed by atoms with Gasteiger partial charge < -0.3 is 20.5 Å². The van der Waals surface area contributed by atoms with E-state index in [1.165, 1.54) is 11.1 Å². The number of hydrogen-bond acceptors (Lipinski definition) is 4. The number of nitrogens with one attached hydrogen (secondary N) is 2. The van der Waals surface area contributed by atoms with E-state index in [4.69, 9.17) is 4.74 Å². The van der Waals surface area contributed by atoms with Gasteiger partial charge >= 0.3 is 12.1 Å². The maximum atomic E-state index is 12.9. The summed E-state index contributed by atoms with van der Waals surface area (Å²) in [6, 6.07) is 16.4. The highest BCUT2D eigenvalue weighted by Crippen LogP contribution is 2.44. The number of carboxylic acids is 1. The molecule has 0 radical (unpaired) electrons. The van der Waals surface area contributed by atoms with Crippen LogP contribution in [0, 0.1) is 0 Å². The smallest absolute Gasteiger partial charge is 0.407 e. The van der Waals surface area contributed by atoms with Gasteiger partial charge in [0.15, 0.2) is 0 Å². The molecule has 0 unspecified atom stereocenters. The van der Waals surface area contributed by atoms with Crippen molar-refractivity contribution in [3.63, 3.8) is 0 Å². The maximum Gasteiger partial charge on any atom is 0.407 e. The van der Waals surface area contributed by atoms with E-state index in [1.807, 2.05) is 24.3 Å². The molecule has 0 saturated heterocycles. The summed E-state index contributed by atoms with van der Waals surface area (Å²) in [4.78, 5) is 37.1. The van der Waals surface area contributed by atoms with Crippen LogP contribution in [-0.2, 0) is 14.3 Å². The van der Waals surface area contributed by atoms with Gasteiger partial charge in [-0.1, -0.05) is 61.4 Å². The number of amides is 2. The zero-order valence-electron chi connectivity index (χ0n) is 19.8. The zero-order valence-corrected chi connectivity index (χ0v) is 19.8. The molecule has 184 valence electrons. The van der Waals surface area contributed by atoms with E-state index in [9.17, 15) is 19.5 Å². The van der Waals surface area contributed by atoms with E-state index in [1.54, 1.807) is 0 Å². The molecule has 5 rings (SSSR count). The van der Waals surface area contributed by atoms with Gasteiger partial charge in [0.05, 0.1) is 17.5 Å². The maximum absolute atomic E-state index is 12.9. The fourth-order valence-corrected chi connectivity index (χ4v) is 6.14. The Morgan fingerprint density at radius 1 is 0.800 bits per heavy atom. The van der Waals surface area contributed by atoms with Crippen molar-refractivity contribution in [3.05, 3.63) is 59.7 Å². The summed E-state index contributed by atoms with van der Waals surface area (Å²) in [7, 11) is 0. The van der Waals surface area contributed by atoms with Gasteiger partial charge in [0, 0.05) is 12.3 Å². The number of carbonyl (C=O) groups excluding carboxylic acids is 2. The topological polar surface area (TPSA) is 105 Å². The van der Waals surface area contributed by atoms with Crippen molar-refractivity contribution in [3.8, 4) is 11.1 Å². The lowest BCUT2D eigenvalue weighted by Gasteiger charge is -2.42. The molecule has 0 bridgehead atoms. The van der Waals surface area contributed by atoms with Gasteiger partial charge in [0.25, 0.3) is 0 Å². The average molecular weight is 477 g/mol. The van der Waals surface area contributed by atoms with E-state index >= 15 is 0 Å². The van der Waals surface area contributed by atoms with Crippen LogP contribution in [0.2, 0.25) is 0 Å². The number of ether oxygens (including phenoxy) is 1. The minimum Gasteiger partial charge on any atom is -0.481 e. The van der Waals surface area contributed by atoms with Crippen LogP contribution in [0.15, 0.2) is 48.5 Å². The van der Waals surface area contributed by atoms with Crippen molar-refractivity contribution in [1.29, 1.82) is 0 Å². The molecule has 2 amide bonds. The Hall–Kier alpha value is -3.35. The Kier molecular flexibility index (Phi) is 6.26. The molecule has 0 heterocycles. The summed E-state index contributed by atoms with van der Waals surface area (Å²) in [5.74, 6) is -1.12. The van der Waals surface area contributed by atoms with E-state index in [-0.39, 0.29) is 31.3 Å². The Morgan fingerprint density at radius 2 is 1.34 bits per heavy atom. The lowest BCUT2D eigenvalue weighted by Crippen LogP contribution is -2.58. The van der Waals surface area contributed by atoms with E-state index in [0.717, 1.165) is 30.4 Å². The molecule has 2 aromatic rings. The second-order valence-corrected chi connectivity index (χ2v) is 10.4. The zero-order chi connectivity index (χ0) is 24.5. The molecule has 0 atom stereocenters. The highest BCUT2D eigenvalue weighted by molar-refractivity contribution is 5.81. The van der Waals surface area contributed by atoms with E-state index in [0.29, 0.717) is 25.7 Å². The predicted octanol–water partition coefficient (Wildman–Crippen LogP) is 4.74. The van der Waals surface area contributed by atoms with Crippen LogP contribution in [0.3, 0.4) is 0 Å². The van der Waals surface area contributed by atoms with Gasteiger partial charge in [-0.25, -0.2) is 4.79 Å². The van der Waals surface area contributed by atoms with Crippen molar-refractivity contribution in [2.24, 2.45) is 0 Å². The SMILES string of the molecule is O=C(O)CC1(NC(=O)CC2(NC(=O)OCC3c4ccccc4-c4ccccc43)CCC2)CCCC1. The van der Waals surface area contributed by atoms with Gasteiger partial charge in [-0.05, 0) is 54.4 Å². The van der Waals surface area contributed by atoms with E-state index < -0.39 is 23.1 Å². The number of alkyl carbamates (subject to hydrolysis) is 1. The second kappa shape index (κ2) is 9.36. The van der Waals surface area contributed by atoms with Gasteiger partial charge in [-0.2, -0.15) is 0 Å². The fourth-order valence-electron chi connectivity index (χ4n) is 6.14. The molecule has 0 aliphatic heterocycles. The lowest BCUT2D eigenvalue weighted by molar-refractivity contribution is -0.139. The minimum atomic E-state index is -0.901. The molecule has 35 heavy (non-hydrogen) atoms. The first kappa shape index (κ1) is 23.4. The van der Waals surface area contributed by atoms with Crippen molar-refractivity contribution in [2.75, 3.05) is 6.61 Å². The third-order valence-corrected chi connectivity index (χ3v) is 7.98. The third kappa shape index (κ3) is 4.77. The molecule has 3 aliphatic carbocycles. The van der Waals surface area contributed by atoms with E-state index in [2.05, 4.69) is 34.9 Å². The van der Waals surface area contributed by atoms with Gasteiger partial charge in [-0.15, -0.1) is 0 Å². The van der Waals surface area contributed by atoms with Crippen LogP contribution >= 0.6 is 0 Å². The molecule has 3 N–H and O–H groups in total. The molecule has 7 heteroatoms. The van der Waals surface area contributed by atoms with Crippen molar-refractivity contribution >= 4 is 18.0 Å². The van der Waals surface area contributed by atoms with Gasteiger partial charge in [-0.3, -0.25) is 9.59 Å². The summed E-state index contributed by atoms with van der Waals surface area (Å²) in [6.07, 6.45) is 5.08. The summed E-state index contributed by atoms with van der Waals surface area (Å²) >= 11 is 0. The largest absolute Gasteiger partial charge is 0.481 e. The highest BCUT2D eigenvalue weighted by Gasteiger charge is 2.44. The summed E-state index contributed by atoms with van der Waals surface area (Å²) in [5, 5.41) is 15.3. The summed E-state index contributed by atoms with van der Waals surface area (Å²) < 4.78 is 5.70. The van der Waals surface area contributed by atoms with Crippen LogP contribution in [0.5, 0.6) is 0 Å². The quantitative estimate of drug-likeness (QED) is 0.510. The number of aliphatic carboxylic acids is 1. The van der Waals surface area contributed by atoms with Crippen molar-refractivity contribution in [2.45, 2.75) is 74.8 Å². The second-order valence-electron chi connectivity index (χ2n) is 10.4. The monoisotopic (exact) mass is 476 g/mol. The lowest BCUT2D eigenvalue weighted by atomic mass is 9.74. The minimum absolute atomic E-state index is 0.0213. The Bertz CT molecular complexity index is 1090. The average Bonchev–Trinajstić information content (AvgIpc) is 3.38. The first-order valence-corrected chi connectivity index (χ1v) is 12.5. The first-order chi connectivity index (χ1) is 16.9. The number of carbonyl (C=O) groups is 3. The van der Waals surface area contributed by atoms with Crippen molar-refractivity contribution < 1.29 is 24.2 Å². The van der Waals surface area contributed by atoms with Crippen LogP contribution < -0.4 is 10.6 Å². The predicted molar refractivity (Wildman–Crippen MR) is 131 cm³/mol. The highest BCUT2D eigenvalue weighted by atomic mass is 16.5. The number of fused-ring (bicyclic) bond motifs is 3. The number of carboxylic acid groups (broad SMARTS) is 1. The Morgan fingerprint density at radius 3 is 1.89 bits per heavy atom. The molecule has 7 nitrogen and oxygen atoms in total. The van der Waals surface area contributed by atoms with Crippen LogP contribution in [0.4, 0.5) is 4.79 Å². The molecule has 0 aromatic heterocycles. The Balaban J connectivity index is 1.20. The number of rotatable bonds is 8. The molecule has 3 aliphatic rings.